The van der Waals surface area contributed by atoms with Crippen LogP contribution in [-0.2, 0) is 52.3 Å². The number of nitrogens with two attached hydrogens (primary N) is 1. The first-order chi connectivity index (χ1) is 27.5. The lowest BCUT2D eigenvalue weighted by atomic mass is 9.67. The first kappa shape index (κ1) is 48.4. The molecule has 336 valence electrons. The molecule has 16 heteroatoms. The number of cyclic esters (lactones) is 1. The molecule has 4 aliphatic heterocycles. The fourth-order valence-electron chi connectivity index (χ4n) is 10.5. The van der Waals surface area contributed by atoms with E-state index in [1.807, 2.05) is 41.8 Å². The summed E-state index contributed by atoms with van der Waals surface area (Å²) in [7, 11) is 5.51. The monoisotopic (exact) mass is 837 g/mol. The van der Waals surface area contributed by atoms with Gasteiger partial charge in [0.25, 0.3) is 0 Å². The topological polar surface area (TPSA) is 200 Å². The molecular weight excluding hydrogens is 766 g/mol. The highest BCUT2D eigenvalue weighted by Crippen LogP contribution is 2.46. The second-order valence-corrected chi connectivity index (χ2v) is 18.2. The Labute approximate surface area is 350 Å². The highest BCUT2D eigenvalue weighted by molar-refractivity contribution is 5.85. The number of nitrogens with one attached hydrogen (secondary N) is 1. The summed E-state index contributed by atoms with van der Waals surface area (Å²) < 4.78 is 50.0. The fourth-order valence-corrected chi connectivity index (χ4v) is 10.5. The lowest BCUT2D eigenvalue weighted by Crippen LogP contribution is -2.61. The molecule has 4 fully saturated rings. The standard InChI is InChI=1S/C43H71N3O13/c1-15-30-24(5)36(57-33-19-29(46(12)13)17-23(4)54-33)41(9,58-39(44)50)20-22(3)34(48)25(6)35-43(11,59-40(51)45-35)32(16-2)56-38(49)31(30)18-28-21-53-26(7)37(55-27(8)47)42(28,10)52-14/h15,22-26,28-33,35-37H,1,16-21H2,2-14H3,(H2,44,50)(H,45,51)/t22-,23-,24+,25+,26+,28?,29+,30+,31-,32-,33+,35-,36-,37+,41?,42-,43-/m1/s1. The van der Waals surface area contributed by atoms with Gasteiger partial charge in [-0.25, -0.2) is 9.59 Å². The molecule has 0 aromatic heterocycles. The van der Waals surface area contributed by atoms with E-state index >= 15 is 4.79 Å². The number of fused-ring (bicyclic) bond motifs is 1. The number of allylic oxidation sites excluding steroid dienone is 1. The number of esters is 2. The number of Topliss-reactive ketones (excluding diaryl/α,β-unsaturated/α-hetero) is 1. The van der Waals surface area contributed by atoms with Gasteiger partial charge in [0.15, 0.2) is 18.0 Å². The van der Waals surface area contributed by atoms with Crippen molar-refractivity contribution in [2.24, 2.45) is 41.2 Å². The van der Waals surface area contributed by atoms with Crippen molar-refractivity contribution in [1.82, 2.24) is 10.2 Å². The van der Waals surface area contributed by atoms with Crippen LogP contribution in [0.15, 0.2) is 12.7 Å². The Morgan fingerprint density at radius 3 is 2.27 bits per heavy atom. The minimum absolute atomic E-state index is 0.0257. The van der Waals surface area contributed by atoms with Crippen molar-refractivity contribution in [3.8, 4) is 0 Å². The predicted octanol–water partition coefficient (Wildman–Crippen LogP) is 4.93. The smallest absolute Gasteiger partial charge is 0.408 e. The number of primary amides is 1. The van der Waals surface area contributed by atoms with Gasteiger partial charge in [-0.05, 0) is 86.2 Å². The van der Waals surface area contributed by atoms with Gasteiger partial charge >= 0.3 is 24.1 Å². The van der Waals surface area contributed by atoms with Gasteiger partial charge < -0.3 is 53.8 Å². The quantitative estimate of drug-likeness (QED) is 0.170. The molecule has 4 aliphatic rings. The summed E-state index contributed by atoms with van der Waals surface area (Å²) in [4.78, 5) is 70.0. The lowest BCUT2D eigenvalue weighted by Gasteiger charge is -2.50. The van der Waals surface area contributed by atoms with Crippen LogP contribution in [0.4, 0.5) is 9.59 Å². The zero-order valence-electron chi connectivity index (χ0n) is 37.4. The molecular formula is C43H71N3O13. The Balaban J connectivity index is 1.95. The number of carbonyl (C=O) groups excluding carboxylic acids is 5. The minimum Gasteiger partial charge on any atom is -0.458 e. The van der Waals surface area contributed by atoms with E-state index in [9.17, 15) is 19.2 Å². The lowest BCUT2D eigenvalue weighted by molar-refractivity contribution is -0.263. The maximum Gasteiger partial charge on any atom is 0.408 e. The Kier molecular flexibility index (Phi) is 15.7. The van der Waals surface area contributed by atoms with Crippen LogP contribution in [0.5, 0.6) is 0 Å². The maximum absolute atomic E-state index is 15.1. The Morgan fingerprint density at radius 2 is 1.71 bits per heavy atom. The van der Waals surface area contributed by atoms with E-state index in [1.54, 1.807) is 40.7 Å². The third-order valence-corrected chi connectivity index (χ3v) is 13.8. The molecule has 16 nitrogen and oxygen atoms in total. The van der Waals surface area contributed by atoms with Crippen molar-refractivity contribution in [2.45, 2.75) is 167 Å². The van der Waals surface area contributed by atoms with Crippen LogP contribution in [-0.4, -0.2) is 128 Å². The van der Waals surface area contributed by atoms with Crippen LogP contribution in [0.25, 0.3) is 0 Å². The number of ether oxygens (including phenoxy) is 8. The Morgan fingerprint density at radius 1 is 1.05 bits per heavy atom. The summed E-state index contributed by atoms with van der Waals surface area (Å²) in [5.74, 6) is -5.89. The zero-order valence-corrected chi connectivity index (χ0v) is 37.4. The van der Waals surface area contributed by atoms with Gasteiger partial charge in [0.1, 0.15) is 29.2 Å². The first-order valence-electron chi connectivity index (χ1n) is 21.1. The van der Waals surface area contributed by atoms with Gasteiger partial charge in [-0.2, -0.15) is 0 Å². The highest BCUT2D eigenvalue weighted by atomic mass is 16.7. The first-order valence-corrected chi connectivity index (χ1v) is 21.1. The van der Waals surface area contributed by atoms with Gasteiger partial charge in [0.05, 0.1) is 30.8 Å². The molecule has 0 bridgehead atoms. The summed E-state index contributed by atoms with van der Waals surface area (Å²) >= 11 is 0. The van der Waals surface area contributed by atoms with Crippen molar-refractivity contribution in [2.75, 3.05) is 27.8 Å². The largest absolute Gasteiger partial charge is 0.458 e. The molecule has 17 atom stereocenters. The zero-order chi connectivity index (χ0) is 44.4. The minimum atomic E-state index is -1.56. The number of alkyl carbamates (subject to hydrolysis) is 1. The van der Waals surface area contributed by atoms with Crippen LogP contribution in [0, 0.1) is 35.5 Å². The van der Waals surface area contributed by atoms with Crippen LogP contribution >= 0.6 is 0 Å². The molecule has 0 saturated carbocycles. The van der Waals surface area contributed by atoms with Crippen LogP contribution in [0.2, 0.25) is 0 Å². The summed E-state index contributed by atoms with van der Waals surface area (Å²) in [5.41, 5.74) is 1.70. The van der Waals surface area contributed by atoms with Crippen molar-refractivity contribution in [3.05, 3.63) is 12.7 Å². The van der Waals surface area contributed by atoms with E-state index in [2.05, 4.69) is 16.8 Å². The summed E-state index contributed by atoms with van der Waals surface area (Å²) in [6.45, 7) is 21.8. The highest BCUT2D eigenvalue weighted by Gasteiger charge is 2.59. The van der Waals surface area contributed by atoms with Crippen LogP contribution in [0.3, 0.4) is 0 Å². The average Bonchev–Trinajstić information content (AvgIpc) is 3.47. The third-order valence-electron chi connectivity index (χ3n) is 13.8. The second kappa shape index (κ2) is 19.2. The molecule has 59 heavy (non-hydrogen) atoms. The molecule has 0 aromatic rings. The number of methoxy groups -OCH3 is 1. The number of amides is 2. The Hall–Kier alpha value is -3.31. The van der Waals surface area contributed by atoms with E-state index in [-0.39, 0.29) is 43.8 Å². The van der Waals surface area contributed by atoms with E-state index < -0.39 is 113 Å². The average molecular weight is 838 g/mol. The van der Waals surface area contributed by atoms with E-state index in [1.165, 1.54) is 14.0 Å². The van der Waals surface area contributed by atoms with Gasteiger partial charge in [-0.1, -0.05) is 33.8 Å². The number of nitrogens with zero attached hydrogens (tertiary/aromatic N) is 1. The number of ketones is 1. The summed E-state index contributed by atoms with van der Waals surface area (Å²) in [6.07, 6.45) is -2.84. The van der Waals surface area contributed by atoms with Gasteiger partial charge in [0.2, 0.25) is 0 Å². The van der Waals surface area contributed by atoms with E-state index in [0.717, 1.165) is 6.42 Å². The molecule has 2 amide bonds. The van der Waals surface area contributed by atoms with Crippen molar-refractivity contribution in [3.63, 3.8) is 0 Å². The van der Waals surface area contributed by atoms with Gasteiger partial charge in [0, 0.05) is 44.2 Å². The van der Waals surface area contributed by atoms with Gasteiger partial charge in [-0.3, -0.25) is 14.4 Å². The van der Waals surface area contributed by atoms with Crippen LogP contribution < -0.4 is 11.1 Å². The summed E-state index contributed by atoms with van der Waals surface area (Å²) in [5, 5.41) is 2.82. The molecule has 0 spiro atoms. The Bertz CT molecular complexity index is 1550. The number of hydrogen-bond acceptors (Lipinski definition) is 14. The molecule has 2 unspecified atom stereocenters. The number of hydrogen-bond donors (Lipinski definition) is 2. The second-order valence-electron chi connectivity index (χ2n) is 18.2. The SMILES string of the molecule is C=C[C@H]1[C@H](C)[C@@H](O[C@H]2C[C@@H](N(C)C)C[C@@H](C)O2)C(C)(OC(N)=O)C[C@@H](C)C(=O)[C@H](C)[C@H]2NC(=O)O[C@]2(C)[C@@H](CC)OC(=O)[C@@H]1CC1CO[C@@H](C)[C@H](OC(C)=O)[C@]1(C)OC. The normalized spacial score (nSPS) is 43.7. The fraction of sp³-hybridized carbons (Fsp3) is 0.837. The predicted molar refractivity (Wildman–Crippen MR) is 216 cm³/mol. The van der Waals surface area contributed by atoms with E-state index in [0.29, 0.717) is 6.42 Å². The molecule has 0 radical (unpaired) electrons. The molecule has 4 saturated heterocycles. The molecule has 0 aromatic carbocycles. The van der Waals surface area contributed by atoms with E-state index in [4.69, 9.17) is 43.6 Å². The molecule has 4 heterocycles. The van der Waals surface area contributed by atoms with Crippen molar-refractivity contribution < 1.29 is 61.9 Å². The molecule has 0 aliphatic carbocycles. The molecule has 3 N–H and O–H groups in total. The third kappa shape index (κ3) is 10.3. The maximum atomic E-state index is 15.1. The number of carbonyl (C=O) groups is 5. The van der Waals surface area contributed by atoms with Crippen molar-refractivity contribution >= 4 is 29.9 Å². The number of rotatable bonds is 10. The van der Waals surface area contributed by atoms with Crippen LogP contribution in [0.1, 0.15) is 101 Å². The molecule has 4 rings (SSSR count). The van der Waals surface area contributed by atoms with Gasteiger partial charge in [-0.15, -0.1) is 6.58 Å². The van der Waals surface area contributed by atoms with Crippen molar-refractivity contribution in [1.29, 1.82) is 0 Å². The summed E-state index contributed by atoms with van der Waals surface area (Å²) in [6, 6.07) is -0.780.